The van der Waals surface area contributed by atoms with E-state index in [0.717, 1.165) is 16.5 Å². The van der Waals surface area contributed by atoms with Crippen molar-refractivity contribution < 1.29 is 47.0 Å². The minimum atomic E-state index is -4.12. The van der Waals surface area contributed by atoms with Gasteiger partial charge in [-0.2, -0.15) is 0 Å². The van der Waals surface area contributed by atoms with Gasteiger partial charge in [-0.3, -0.25) is 14.4 Å². The Morgan fingerprint density at radius 1 is 0.896 bits per heavy atom. The van der Waals surface area contributed by atoms with Crippen molar-refractivity contribution in [2.24, 2.45) is 5.92 Å². The predicted molar refractivity (Wildman–Crippen MR) is 246 cm³/mol. The van der Waals surface area contributed by atoms with Crippen LogP contribution < -0.4 is 26.2 Å². The van der Waals surface area contributed by atoms with Crippen molar-refractivity contribution in [2.45, 2.75) is 69.3 Å². The number of carboxylic acid groups (broad SMARTS) is 1. The fourth-order valence-corrected chi connectivity index (χ4v) is 9.55. The number of aromatic nitrogens is 2. The molecule has 3 amide bonds. The van der Waals surface area contributed by atoms with E-state index in [2.05, 4.69) is 20.7 Å². The summed E-state index contributed by atoms with van der Waals surface area (Å²) in [5.74, 6) is -4.24. The number of urea groups is 1. The van der Waals surface area contributed by atoms with Gasteiger partial charge in [0.25, 0.3) is 5.56 Å². The average molecular weight is 927 g/mol. The first kappa shape index (κ1) is 45.9. The molecule has 6 aromatic rings. The lowest BCUT2D eigenvalue weighted by Gasteiger charge is -2.37. The summed E-state index contributed by atoms with van der Waals surface area (Å²) < 4.78 is 42.1. The van der Waals surface area contributed by atoms with Gasteiger partial charge in [-0.25, -0.2) is 32.5 Å². The summed E-state index contributed by atoms with van der Waals surface area (Å²) in [6.07, 6.45) is -0.537. The Bertz CT molecular complexity index is 3120. The number of nitrogens with one attached hydrogen (secondary N) is 4. The topological polar surface area (TPSA) is 241 Å². The van der Waals surface area contributed by atoms with Crippen molar-refractivity contribution in [3.05, 3.63) is 148 Å². The Labute approximate surface area is 384 Å². The van der Waals surface area contributed by atoms with Crippen LogP contribution in [0.1, 0.15) is 61.9 Å². The fraction of sp³-hybridized carbons (Fsp3) is 0.245. The van der Waals surface area contributed by atoms with Crippen LogP contribution in [0.25, 0.3) is 33.4 Å². The number of nitrogens with zero attached hydrogens (tertiary/aromatic N) is 2. The molecule has 0 saturated carbocycles. The van der Waals surface area contributed by atoms with Gasteiger partial charge in [0.1, 0.15) is 12.6 Å². The maximum Gasteiger partial charge on any atom is 0.355 e. The zero-order valence-corrected chi connectivity index (χ0v) is 37.4. The highest BCUT2D eigenvalue weighted by atomic mass is 32.2. The number of benzene rings is 4. The number of pyridine rings is 2. The van der Waals surface area contributed by atoms with Crippen molar-refractivity contribution in [2.75, 3.05) is 11.9 Å². The summed E-state index contributed by atoms with van der Waals surface area (Å²) in [5.41, 5.74) is 2.65. The smallest absolute Gasteiger partial charge is 0.355 e. The molecule has 2 aromatic heterocycles. The number of rotatable bonds is 15. The van der Waals surface area contributed by atoms with E-state index in [-0.39, 0.29) is 35.6 Å². The van der Waals surface area contributed by atoms with Crippen LogP contribution in [-0.2, 0) is 57.4 Å². The molecular weight excluding hydrogens is 881 g/mol. The second-order valence-electron chi connectivity index (χ2n) is 16.6. The molecule has 0 fully saturated rings. The highest BCUT2D eigenvalue weighted by molar-refractivity contribution is 7.89. The van der Waals surface area contributed by atoms with Crippen molar-refractivity contribution in [1.29, 1.82) is 0 Å². The summed E-state index contributed by atoms with van der Waals surface area (Å²) in [7, 11) is -4.12. The van der Waals surface area contributed by atoms with Crippen LogP contribution in [0.4, 0.5) is 10.5 Å². The number of hydrogen-bond donors (Lipinski definition) is 5. The number of esters is 2. The number of anilines is 1. The van der Waals surface area contributed by atoms with Gasteiger partial charge in [-0.15, -0.1) is 0 Å². The second kappa shape index (κ2) is 18.7. The number of sulfonamides is 1. The van der Waals surface area contributed by atoms with Gasteiger partial charge in [-0.1, -0.05) is 93.6 Å². The molecule has 2 aliphatic rings. The van der Waals surface area contributed by atoms with Crippen LogP contribution in [0.5, 0.6) is 0 Å². The number of hydrogen-bond acceptors (Lipinski definition) is 11. The molecule has 8 rings (SSSR count). The van der Waals surface area contributed by atoms with Crippen LogP contribution >= 0.6 is 0 Å². The largest absolute Gasteiger partial charge is 0.481 e. The number of aliphatic carboxylic acids is 1. The lowest BCUT2D eigenvalue weighted by atomic mass is 9.85. The van der Waals surface area contributed by atoms with Gasteiger partial charge in [0, 0.05) is 22.2 Å². The maximum absolute atomic E-state index is 14.0. The van der Waals surface area contributed by atoms with Crippen LogP contribution in [0.15, 0.2) is 125 Å². The molecule has 3 atom stereocenters. The third-order valence-corrected chi connectivity index (χ3v) is 13.3. The van der Waals surface area contributed by atoms with Crippen molar-refractivity contribution in [3.63, 3.8) is 0 Å². The van der Waals surface area contributed by atoms with Gasteiger partial charge < -0.3 is 35.1 Å². The third-order valence-electron chi connectivity index (χ3n) is 11.8. The van der Waals surface area contributed by atoms with Crippen LogP contribution in [0.3, 0.4) is 0 Å². The molecule has 18 heteroatoms. The summed E-state index contributed by atoms with van der Waals surface area (Å²) in [5, 5.41) is 18.0. The van der Waals surface area contributed by atoms with Crippen LogP contribution in [0, 0.1) is 5.92 Å². The molecule has 4 heterocycles. The van der Waals surface area contributed by atoms with Gasteiger partial charge in [0.2, 0.25) is 21.5 Å². The summed E-state index contributed by atoms with van der Waals surface area (Å²) >= 11 is 0. The number of carboxylic acids is 1. The van der Waals surface area contributed by atoms with Crippen molar-refractivity contribution in [1.82, 2.24) is 24.9 Å². The SMILES string of the molecule is CCC1(OC(=O)C(NC(=O)CNC(=O)Nc2cccc(-c3ccc(S(=O)(=O)NC(CC(=O)O)c4ccccc4)cc3)c2)C(C)C)C(=O)OCc2c1cc1n(c2=O)Cc2cc3ccccc3nc2-1. The van der Waals surface area contributed by atoms with E-state index in [4.69, 9.17) is 14.5 Å². The maximum atomic E-state index is 14.0. The summed E-state index contributed by atoms with van der Waals surface area (Å²) in [6, 6.07) is 29.2. The van der Waals surface area contributed by atoms with E-state index in [1.165, 1.54) is 12.1 Å². The van der Waals surface area contributed by atoms with E-state index in [1.54, 1.807) is 98.1 Å². The third kappa shape index (κ3) is 9.39. The first-order valence-electron chi connectivity index (χ1n) is 21.5. The molecule has 5 N–H and O–H groups in total. The molecule has 0 radical (unpaired) electrons. The number of carbonyl (C=O) groups excluding carboxylic acids is 4. The number of fused-ring (bicyclic) bond motifs is 5. The second-order valence-corrected chi connectivity index (χ2v) is 18.3. The zero-order valence-electron chi connectivity index (χ0n) is 36.6. The molecule has 2 aliphatic heterocycles. The van der Waals surface area contributed by atoms with Gasteiger partial charge in [-0.05, 0) is 71.5 Å². The van der Waals surface area contributed by atoms with Gasteiger partial charge in [0.15, 0.2) is 0 Å². The fourth-order valence-electron chi connectivity index (χ4n) is 8.32. The molecular formula is C49H46N6O11S. The standard InChI is InChI=1S/C49H46N6O11S/c1-4-49(37-23-40-44-33(21-32-13-8-9-16-38(32)52-44)26-55(40)45(59)36(37)27-65-47(49)61)66-46(60)43(28(2)3)53-41(56)25-50-48(62)51-34-15-10-14-31(22-34)29-17-19-35(20-18-29)67(63,64)54-39(24-42(57)58)30-11-6-5-7-12-30/h5-23,28,39,43,54H,4,24-27H2,1-3H3,(H,53,56)(H,57,58)(H2,50,51,62). The number of amides is 3. The number of carbonyl (C=O) groups is 5. The zero-order chi connectivity index (χ0) is 47.6. The highest BCUT2D eigenvalue weighted by Gasteiger charge is 2.51. The van der Waals surface area contributed by atoms with E-state index in [9.17, 15) is 42.3 Å². The Kier molecular flexibility index (Phi) is 12.8. The Morgan fingerprint density at radius 3 is 2.34 bits per heavy atom. The first-order valence-corrected chi connectivity index (χ1v) is 22.9. The van der Waals surface area contributed by atoms with Crippen molar-refractivity contribution in [3.8, 4) is 22.5 Å². The van der Waals surface area contributed by atoms with Crippen LogP contribution in [0.2, 0.25) is 0 Å². The molecule has 3 unspecified atom stereocenters. The lowest BCUT2D eigenvalue weighted by molar-refractivity contribution is -0.191. The first-order chi connectivity index (χ1) is 32.1. The minimum Gasteiger partial charge on any atom is -0.481 e. The molecule has 17 nitrogen and oxygen atoms in total. The van der Waals surface area contributed by atoms with E-state index >= 15 is 0 Å². The van der Waals surface area contributed by atoms with Gasteiger partial charge in [0.05, 0.1) is 52.9 Å². The molecule has 4 aromatic carbocycles. The van der Waals surface area contributed by atoms with Crippen LogP contribution in [-0.4, -0.2) is 65.5 Å². The normalized spacial score (nSPS) is 15.9. The van der Waals surface area contributed by atoms with Gasteiger partial charge >= 0.3 is 23.9 Å². The molecule has 0 saturated heterocycles. The highest BCUT2D eigenvalue weighted by Crippen LogP contribution is 2.41. The Hall–Kier alpha value is -7.70. The minimum absolute atomic E-state index is 0.0766. The Morgan fingerprint density at radius 2 is 1.63 bits per heavy atom. The lowest BCUT2D eigenvalue weighted by Crippen LogP contribution is -2.53. The van der Waals surface area contributed by atoms with E-state index < -0.39 is 82.0 Å². The number of para-hydroxylation sites is 1. The predicted octanol–water partition coefficient (Wildman–Crippen LogP) is 5.75. The van der Waals surface area contributed by atoms with E-state index in [1.807, 2.05) is 30.3 Å². The monoisotopic (exact) mass is 926 g/mol. The summed E-state index contributed by atoms with van der Waals surface area (Å²) in [6.45, 7) is 4.38. The number of ether oxygens (including phenoxy) is 2. The quantitative estimate of drug-likeness (QED) is 0.0772. The molecule has 67 heavy (non-hydrogen) atoms. The molecule has 0 aliphatic carbocycles. The summed E-state index contributed by atoms with van der Waals surface area (Å²) in [4.78, 5) is 84.1. The average Bonchev–Trinajstić information content (AvgIpc) is 3.67. The molecule has 344 valence electrons. The van der Waals surface area contributed by atoms with Crippen molar-refractivity contribution >= 4 is 56.5 Å². The van der Waals surface area contributed by atoms with E-state index in [0.29, 0.717) is 33.8 Å². The Balaban J connectivity index is 0.906. The number of cyclic esters (lactones) is 1. The molecule has 0 spiro atoms. The molecule has 0 bridgehead atoms.